The molecule has 16 heavy (non-hydrogen) atoms. The number of aromatic nitrogens is 1. The summed E-state index contributed by atoms with van der Waals surface area (Å²) in [5, 5.41) is 2.56. The molecule has 1 aromatic rings. The number of rotatable bonds is 3. The van der Waals surface area contributed by atoms with Crippen molar-refractivity contribution in [3.63, 3.8) is 0 Å². The fraction of sp³-hybridized carbons (Fsp3) is 0.364. The van der Waals surface area contributed by atoms with E-state index < -0.39 is 6.04 Å². The summed E-state index contributed by atoms with van der Waals surface area (Å²) >= 11 is 0. The van der Waals surface area contributed by atoms with Crippen molar-refractivity contribution in [3.05, 3.63) is 30.1 Å². The van der Waals surface area contributed by atoms with Gasteiger partial charge < -0.3 is 10.1 Å². The predicted octanol–water partition coefficient (Wildman–Crippen LogP) is 0.403. The standard InChI is InChI=1S/C11H12N2O3/c14-10-4-3-9(13-10)11(15)16-7-8-2-1-5-12-6-8/h1-2,5-6,9H,3-4,7H2,(H,13,14). The van der Waals surface area contributed by atoms with Gasteiger partial charge in [0.2, 0.25) is 5.91 Å². The fourth-order valence-electron chi connectivity index (χ4n) is 1.53. The van der Waals surface area contributed by atoms with Crippen molar-refractivity contribution in [1.29, 1.82) is 0 Å². The molecule has 0 bridgehead atoms. The molecule has 1 saturated heterocycles. The van der Waals surface area contributed by atoms with Crippen molar-refractivity contribution in [2.24, 2.45) is 0 Å². The van der Waals surface area contributed by atoms with Gasteiger partial charge in [-0.2, -0.15) is 0 Å². The van der Waals surface area contributed by atoms with E-state index in [-0.39, 0.29) is 18.5 Å². The average Bonchev–Trinajstić information content (AvgIpc) is 2.74. The SMILES string of the molecule is O=C1CCC(C(=O)OCc2cccnc2)N1. The summed E-state index contributed by atoms with van der Waals surface area (Å²) in [4.78, 5) is 26.3. The lowest BCUT2D eigenvalue weighted by molar-refractivity contribution is -0.147. The summed E-state index contributed by atoms with van der Waals surface area (Å²) in [6, 6.07) is 3.12. The third-order valence-corrected chi connectivity index (χ3v) is 2.38. The van der Waals surface area contributed by atoms with Gasteiger partial charge in [0.15, 0.2) is 0 Å². The van der Waals surface area contributed by atoms with Gasteiger partial charge in [0.05, 0.1) is 0 Å². The number of hydrogen-bond acceptors (Lipinski definition) is 4. The van der Waals surface area contributed by atoms with Gasteiger partial charge in [0, 0.05) is 24.4 Å². The second-order valence-electron chi connectivity index (χ2n) is 3.63. The van der Waals surface area contributed by atoms with Gasteiger partial charge in [-0.25, -0.2) is 4.79 Å². The van der Waals surface area contributed by atoms with Crippen LogP contribution in [0.15, 0.2) is 24.5 Å². The van der Waals surface area contributed by atoms with E-state index >= 15 is 0 Å². The van der Waals surface area contributed by atoms with Crippen LogP contribution in [0.2, 0.25) is 0 Å². The van der Waals surface area contributed by atoms with Crippen molar-refractivity contribution in [2.45, 2.75) is 25.5 Å². The lowest BCUT2D eigenvalue weighted by Crippen LogP contribution is -2.34. The number of amides is 1. The predicted molar refractivity (Wildman–Crippen MR) is 55.2 cm³/mol. The molecule has 1 fully saturated rings. The molecule has 1 aliphatic heterocycles. The largest absolute Gasteiger partial charge is 0.459 e. The summed E-state index contributed by atoms with van der Waals surface area (Å²) in [5.41, 5.74) is 0.833. The molecule has 1 N–H and O–H groups in total. The van der Waals surface area contributed by atoms with Crippen LogP contribution in [0.4, 0.5) is 0 Å². The van der Waals surface area contributed by atoms with Crippen LogP contribution < -0.4 is 5.32 Å². The zero-order valence-electron chi connectivity index (χ0n) is 8.68. The molecule has 2 heterocycles. The monoisotopic (exact) mass is 220 g/mol. The maximum absolute atomic E-state index is 11.5. The van der Waals surface area contributed by atoms with Gasteiger partial charge in [-0.15, -0.1) is 0 Å². The van der Waals surface area contributed by atoms with Gasteiger partial charge in [0.25, 0.3) is 0 Å². The molecule has 1 amide bonds. The Hall–Kier alpha value is -1.91. The number of pyridine rings is 1. The van der Waals surface area contributed by atoms with Crippen LogP contribution in [0.3, 0.4) is 0 Å². The summed E-state index contributed by atoms with van der Waals surface area (Å²) in [5.74, 6) is -0.474. The average molecular weight is 220 g/mol. The van der Waals surface area contributed by atoms with E-state index in [4.69, 9.17) is 4.74 Å². The van der Waals surface area contributed by atoms with E-state index in [0.29, 0.717) is 12.8 Å². The van der Waals surface area contributed by atoms with Crippen molar-refractivity contribution in [3.8, 4) is 0 Å². The number of carbonyl (C=O) groups excluding carboxylic acids is 2. The first kappa shape index (κ1) is 10.6. The van der Waals surface area contributed by atoms with Crippen LogP contribution in [0, 0.1) is 0 Å². The molecule has 0 aromatic carbocycles. The van der Waals surface area contributed by atoms with Gasteiger partial charge in [-0.3, -0.25) is 9.78 Å². The molecule has 2 rings (SSSR count). The highest BCUT2D eigenvalue weighted by Crippen LogP contribution is 2.09. The Bertz CT molecular complexity index is 391. The molecule has 84 valence electrons. The van der Waals surface area contributed by atoms with Gasteiger partial charge in [-0.1, -0.05) is 6.07 Å². The van der Waals surface area contributed by atoms with E-state index in [2.05, 4.69) is 10.3 Å². The van der Waals surface area contributed by atoms with Crippen LogP contribution in [0.1, 0.15) is 18.4 Å². The maximum atomic E-state index is 11.5. The summed E-state index contributed by atoms with van der Waals surface area (Å²) in [6.45, 7) is 0.193. The molecule has 5 nitrogen and oxygen atoms in total. The van der Waals surface area contributed by atoms with Crippen molar-refractivity contribution >= 4 is 11.9 Å². The van der Waals surface area contributed by atoms with E-state index in [1.165, 1.54) is 0 Å². The molecule has 1 atom stereocenters. The molecule has 0 aliphatic carbocycles. The molecule has 0 radical (unpaired) electrons. The maximum Gasteiger partial charge on any atom is 0.328 e. The molecule has 1 aromatic heterocycles. The van der Waals surface area contributed by atoms with E-state index in [9.17, 15) is 9.59 Å². The van der Waals surface area contributed by atoms with Gasteiger partial charge in [-0.05, 0) is 12.5 Å². The first-order valence-corrected chi connectivity index (χ1v) is 5.10. The Morgan fingerprint density at radius 3 is 3.12 bits per heavy atom. The zero-order valence-corrected chi connectivity index (χ0v) is 8.68. The summed E-state index contributed by atoms with van der Waals surface area (Å²) in [6.07, 6.45) is 4.21. The van der Waals surface area contributed by atoms with E-state index in [0.717, 1.165) is 5.56 Å². The number of hydrogen-bond donors (Lipinski definition) is 1. The number of nitrogens with one attached hydrogen (secondary N) is 1. The number of carbonyl (C=O) groups is 2. The van der Waals surface area contributed by atoms with Crippen LogP contribution >= 0.6 is 0 Å². The van der Waals surface area contributed by atoms with Crippen molar-refractivity contribution in [2.75, 3.05) is 0 Å². The third kappa shape index (κ3) is 2.56. The smallest absolute Gasteiger partial charge is 0.328 e. The highest BCUT2D eigenvalue weighted by Gasteiger charge is 2.28. The minimum absolute atomic E-state index is 0.0941. The molecule has 0 spiro atoms. The summed E-state index contributed by atoms with van der Waals surface area (Å²) < 4.78 is 5.07. The molecule has 1 unspecified atom stereocenters. The molecular formula is C11H12N2O3. The second kappa shape index (κ2) is 4.74. The Kier molecular flexibility index (Phi) is 3.14. The first-order chi connectivity index (χ1) is 7.75. The quantitative estimate of drug-likeness (QED) is 0.749. The zero-order chi connectivity index (χ0) is 11.4. The Labute approximate surface area is 92.8 Å². The fourth-order valence-corrected chi connectivity index (χ4v) is 1.53. The van der Waals surface area contributed by atoms with Gasteiger partial charge >= 0.3 is 5.97 Å². The minimum atomic E-state index is -0.482. The third-order valence-electron chi connectivity index (χ3n) is 2.38. The van der Waals surface area contributed by atoms with Crippen LogP contribution in [-0.4, -0.2) is 22.9 Å². The van der Waals surface area contributed by atoms with Crippen LogP contribution in [-0.2, 0) is 20.9 Å². The molecule has 0 saturated carbocycles. The lowest BCUT2D eigenvalue weighted by Gasteiger charge is -2.09. The number of esters is 1. The topological polar surface area (TPSA) is 68.3 Å². The normalized spacial score (nSPS) is 19.2. The van der Waals surface area contributed by atoms with E-state index in [1.54, 1.807) is 18.5 Å². The highest BCUT2D eigenvalue weighted by atomic mass is 16.5. The van der Waals surface area contributed by atoms with Crippen LogP contribution in [0.5, 0.6) is 0 Å². The molecule has 5 heteroatoms. The lowest BCUT2D eigenvalue weighted by atomic mass is 10.2. The summed E-state index contributed by atoms with van der Waals surface area (Å²) in [7, 11) is 0. The molecular weight excluding hydrogens is 208 g/mol. The van der Waals surface area contributed by atoms with Crippen LogP contribution in [0.25, 0.3) is 0 Å². The second-order valence-corrected chi connectivity index (χ2v) is 3.63. The Morgan fingerprint density at radius 2 is 2.50 bits per heavy atom. The number of nitrogens with zero attached hydrogens (tertiary/aromatic N) is 1. The minimum Gasteiger partial charge on any atom is -0.459 e. The first-order valence-electron chi connectivity index (χ1n) is 5.10. The highest BCUT2D eigenvalue weighted by molar-refractivity contribution is 5.87. The Morgan fingerprint density at radius 1 is 1.62 bits per heavy atom. The Balaban J connectivity index is 1.82. The van der Waals surface area contributed by atoms with Crippen molar-refractivity contribution < 1.29 is 14.3 Å². The van der Waals surface area contributed by atoms with Gasteiger partial charge in [0.1, 0.15) is 12.6 Å². The molecule has 1 aliphatic rings. The van der Waals surface area contributed by atoms with Crippen molar-refractivity contribution in [1.82, 2.24) is 10.3 Å². The van der Waals surface area contributed by atoms with E-state index in [1.807, 2.05) is 6.07 Å². The number of ether oxygens (including phenoxy) is 1.